The van der Waals surface area contributed by atoms with Crippen LogP contribution in [0.4, 0.5) is 4.79 Å². The molecule has 2 fully saturated rings. The summed E-state index contributed by atoms with van der Waals surface area (Å²) in [5, 5.41) is 12.2. The molecule has 0 aromatic heterocycles. The van der Waals surface area contributed by atoms with Crippen LogP contribution >= 0.6 is 0 Å². The van der Waals surface area contributed by atoms with E-state index in [0.717, 1.165) is 58.3 Å². The van der Waals surface area contributed by atoms with Crippen LogP contribution in [0.5, 0.6) is 0 Å². The molecule has 1 saturated heterocycles. The molecule has 1 aliphatic heterocycles. The number of aliphatic carboxylic acids is 1. The predicted octanol–water partition coefficient (Wildman–Crippen LogP) is 1.22. The molecule has 2 atom stereocenters. The van der Waals surface area contributed by atoms with Crippen molar-refractivity contribution in [3.63, 3.8) is 0 Å². The minimum Gasteiger partial charge on any atom is -0.481 e. The standard InChI is InChI=1S/C15H27N3O3/c1-17-7-4-8-18(10-9-17)15(21)16-11-12-5-2-3-6-13(12)14(19)20/h12-13H,2-11H2,1H3,(H,16,21)(H,19,20). The fraction of sp³-hybridized carbons (Fsp3) is 0.867. The van der Waals surface area contributed by atoms with Gasteiger partial charge in [0.2, 0.25) is 0 Å². The maximum atomic E-state index is 12.2. The van der Waals surface area contributed by atoms with Crippen molar-refractivity contribution in [2.75, 3.05) is 39.8 Å². The van der Waals surface area contributed by atoms with Crippen molar-refractivity contribution in [1.82, 2.24) is 15.1 Å². The topological polar surface area (TPSA) is 72.9 Å². The summed E-state index contributed by atoms with van der Waals surface area (Å²) in [6, 6.07) is -0.0417. The lowest BCUT2D eigenvalue weighted by Crippen LogP contribution is -2.45. The Bertz CT molecular complexity index is 375. The highest BCUT2D eigenvalue weighted by Crippen LogP contribution is 2.29. The number of nitrogens with one attached hydrogen (secondary N) is 1. The van der Waals surface area contributed by atoms with Crippen LogP contribution < -0.4 is 5.32 Å². The van der Waals surface area contributed by atoms with E-state index in [1.165, 1.54) is 0 Å². The van der Waals surface area contributed by atoms with Crippen LogP contribution in [0.15, 0.2) is 0 Å². The van der Waals surface area contributed by atoms with Crippen LogP contribution in [0, 0.1) is 11.8 Å². The molecule has 0 aromatic rings. The Kier molecular flexibility index (Phi) is 5.85. The molecule has 0 radical (unpaired) electrons. The Labute approximate surface area is 126 Å². The third-order valence-electron chi connectivity index (χ3n) is 4.75. The van der Waals surface area contributed by atoms with E-state index in [9.17, 15) is 14.7 Å². The monoisotopic (exact) mass is 297 g/mol. The first-order valence-electron chi connectivity index (χ1n) is 8.02. The van der Waals surface area contributed by atoms with Crippen LogP contribution in [0.25, 0.3) is 0 Å². The number of carboxylic acids is 1. The molecule has 1 aliphatic carbocycles. The van der Waals surface area contributed by atoms with Crippen LogP contribution in [0.1, 0.15) is 32.1 Å². The van der Waals surface area contributed by atoms with Crippen molar-refractivity contribution in [1.29, 1.82) is 0 Å². The third kappa shape index (κ3) is 4.59. The number of carbonyl (C=O) groups excluding carboxylic acids is 1. The molecule has 2 N–H and O–H groups in total. The summed E-state index contributed by atoms with van der Waals surface area (Å²) in [7, 11) is 2.07. The van der Waals surface area contributed by atoms with Gasteiger partial charge in [-0.05, 0) is 38.8 Å². The summed E-state index contributed by atoms with van der Waals surface area (Å²) >= 11 is 0. The number of amides is 2. The summed E-state index contributed by atoms with van der Waals surface area (Å²) in [5.41, 5.74) is 0. The molecule has 21 heavy (non-hydrogen) atoms. The van der Waals surface area contributed by atoms with Crippen molar-refractivity contribution in [3.8, 4) is 0 Å². The fourth-order valence-corrected chi connectivity index (χ4v) is 3.36. The smallest absolute Gasteiger partial charge is 0.317 e. The molecule has 2 unspecified atom stereocenters. The van der Waals surface area contributed by atoms with Crippen molar-refractivity contribution >= 4 is 12.0 Å². The van der Waals surface area contributed by atoms with E-state index in [-0.39, 0.29) is 17.9 Å². The van der Waals surface area contributed by atoms with Crippen LogP contribution in [-0.2, 0) is 4.79 Å². The van der Waals surface area contributed by atoms with E-state index in [4.69, 9.17) is 0 Å². The van der Waals surface area contributed by atoms with E-state index < -0.39 is 5.97 Å². The number of urea groups is 1. The zero-order chi connectivity index (χ0) is 15.2. The first kappa shape index (κ1) is 16.1. The van der Waals surface area contributed by atoms with Gasteiger partial charge in [-0.2, -0.15) is 0 Å². The number of nitrogens with zero attached hydrogens (tertiary/aromatic N) is 2. The van der Waals surface area contributed by atoms with E-state index in [0.29, 0.717) is 6.54 Å². The molecule has 2 rings (SSSR count). The lowest BCUT2D eigenvalue weighted by Gasteiger charge is -2.29. The third-order valence-corrected chi connectivity index (χ3v) is 4.75. The average Bonchev–Trinajstić information content (AvgIpc) is 2.69. The number of carbonyl (C=O) groups is 2. The molecule has 6 nitrogen and oxygen atoms in total. The number of hydrogen-bond donors (Lipinski definition) is 2. The largest absolute Gasteiger partial charge is 0.481 e. The molecular weight excluding hydrogens is 270 g/mol. The molecule has 0 aromatic carbocycles. The van der Waals surface area contributed by atoms with Gasteiger partial charge in [0.1, 0.15) is 0 Å². The predicted molar refractivity (Wildman–Crippen MR) is 80.2 cm³/mol. The first-order chi connectivity index (χ1) is 10.1. The number of hydrogen-bond acceptors (Lipinski definition) is 3. The van der Waals surface area contributed by atoms with Crippen LogP contribution in [0.2, 0.25) is 0 Å². The highest BCUT2D eigenvalue weighted by atomic mass is 16.4. The zero-order valence-electron chi connectivity index (χ0n) is 12.9. The van der Waals surface area contributed by atoms with E-state index in [1.807, 2.05) is 4.90 Å². The lowest BCUT2D eigenvalue weighted by molar-refractivity contribution is -0.144. The van der Waals surface area contributed by atoms with Crippen LogP contribution in [-0.4, -0.2) is 66.7 Å². The fourth-order valence-electron chi connectivity index (χ4n) is 3.36. The molecule has 6 heteroatoms. The Morgan fingerprint density at radius 2 is 1.86 bits per heavy atom. The molecular formula is C15H27N3O3. The molecule has 0 bridgehead atoms. The van der Waals surface area contributed by atoms with Crippen LogP contribution in [0.3, 0.4) is 0 Å². The number of rotatable bonds is 3. The molecule has 2 amide bonds. The average molecular weight is 297 g/mol. The number of likely N-dealkylation sites (N-methyl/N-ethyl adjacent to an activating group) is 1. The van der Waals surface area contributed by atoms with E-state index in [2.05, 4.69) is 17.3 Å². The van der Waals surface area contributed by atoms with Gasteiger partial charge in [-0.25, -0.2) is 4.79 Å². The van der Waals surface area contributed by atoms with E-state index >= 15 is 0 Å². The second-order valence-corrected chi connectivity index (χ2v) is 6.32. The molecule has 0 spiro atoms. The second kappa shape index (κ2) is 7.64. The van der Waals surface area contributed by atoms with Gasteiger partial charge in [-0.15, -0.1) is 0 Å². The zero-order valence-corrected chi connectivity index (χ0v) is 12.9. The minimum atomic E-state index is -0.717. The molecule has 120 valence electrons. The minimum absolute atomic E-state index is 0.0417. The Balaban J connectivity index is 1.80. The van der Waals surface area contributed by atoms with Gasteiger partial charge in [0, 0.05) is 26.2 Å². The quantitative estimate of drug-likeness (QED) is 0.821. The van der Waals surface area contributed by atoms with Gasteiger partial charge in [-0.3, -0.25) is 4.79 Å². The Hall–Kier alpha value is -1.30. The van der Waals surface area contributed by atoms with Crippen molar-refractivity contribution < 1.29 is 14.7 Å². The van der Waals surface area contributed by atoms with Crippen molar-refractivity contribution in [2.24, 2.45) is 11.8 Å². The molecule has 2 aliphatic rings. The Morgan fingerprint density at radius 1 is 1.10 bits per heavy atom. The summed E-state index contributed by atoms with van der Waals surface area (Å²) in [6.45, 7) is 3.93. The molecule has 1 heterocycles. The Morgan fingerprint density at radius 3 is 2.62 bits per heavy atom. The SMILES string of the molecule is CN1CCCN(C(=O)NCC2CCCCC2C(=O)O)CC1. The van der Waals surface area contributed by atoms with Gasteiger partial charge in [0.25, 0.3) is 0 Å². The van der Waals surface area contributed by atoms with Crippen molar-refractivity contribution in [3.05, 3.63) is 0 Å². The highest BCUT2D eigenvalue weighted by molar-refractivity contribution is 5.74. The first-order valence-corrected chi connectivity index (χ1v) is 8.02. The molecule has 1 saturated carbocycles. The number of carboxylic acid groups (broad SMARTS) is 1. The summed E-state index contributed by atoms with van der Waals surface area (Å²) in [4.78, 5) is 27.6. The summed E-state index contributed by atoms with van der Waals surface area (Å²) in [5.74, 6) is -0.936. The summed E-state index contributed by atoms with van der Waals surface area (Å²) < 4.78 is 0. The normalized spacial score (nSPS) is 28.0. The maximum Gasteiger partial charge on any atom is 0.317 e. The van der Waals surface area contributed by atoms with Gasteiger partial charge >= 0.3 is 12.0 Å². The maximum absolute atomic E-state index is 12.2. The lowest BCUT2D eigenvalue weighted by atomic mass is 9.79. The summed E-state index contributed by atoms with van der Waals surface area (Å²) in [6.07, 6.45) is 4.69. The second-order valence-electron chi connectivity index (χ2n) is 6.32. The van der Waals surface area contributed by atoms with E-state index in [1.54, 1.807) is 0 Å². The van der Waals surface area contributed by atoms with Gasteiger partial charge in [0.15, 0.2) is 0 Å². The van der Waals surface area contributed by atoms with Gasteiger partial charge in [0.05, 0.1) is 5.92 Å². The highest BCUT2D eigenvalue weighted by Gasteiger charge is 2.31. The van der Waals surface area contributed by atoms with Gasteiger partial charge < -0.3 is 20.2 Å². The van der Waals surface area contributed by atoms with Crippen molar-refractivity contribution in [2.45, 2.75) is 32.1 Å². The van der Waals surface area contributed by atoms with Gasteiger partial charge in [-0.1, -0.05) is 12.8 Å².